The second-order valence-electron chi connectivity index (χ2n) is 7.66. The number of carbonyl (C=O) groups excluding carboxylic acids is 1. The molecule has 1 aromatic heterocycles. The van der Waals surface area contributed by atoms with Gasteiger partial charge in [0.05, 0.1) is 11.0 Å². The predicted molar refractivity (Wildman–Crippen MR) is 110 cm³/mol. The van der Waals surface area contributed by atoms with Gasteiger partial charge in [-0.1, -0.05) is 43.2 Å². The number of rotatable bonds is 5. The van der Waals surface area contributed by atoms with Crippen molar-refractivity contribution in [1.29, 1.82) is 0 Å². The number of unbranched alkanes of at least 4 members (excludes halogenated alkanes) is 1. The average Bonchev–Trinajstić information content (AvgIpc) is 3.20. The Morgan fingerprint density at radius 1 is 1.15 bits per heavy atom. The van der Waals surface area contributed by atoms with E-state index in [-0.39, 0.29) is 11.8 Å². The zero-order valence-electron chi connectivity index (χ0n) is 16.4. The van der Waals surface area contributed by atoms with Gasteiger partial charge in [-0.2, -0.15) is 0 Å². The van der Waals surface area contributed by atoms with E-state index in [1.54, 1.807) is 0 Å². The fourth-order valence-electron chi connectivity index (χ4n) is 4.18. The van der Waals surface area contributed by atoms with E-state index in [0.29, 0.717) is 13.0 Å². The first-order valence-electron chi connectivity index (χ1n) is 9.91. The molecule has 0 bridgehead atoms. The second-order valence-corrected chi connectivity index (χ2v) is 7.66. The van der Waals surface area contributed by atoms with E-state index < -0.39 is 0 Å². The summed E-state index contributed by atoms with van der Waals surface area (Å²) in [7, 11) is 0. The van der Waals surface area contributed by atoms with Crippen molar-refractivity contribution < 1.29 is 4.79 Å². The Morgan fingerprint density at radius 3 is 2.74 bits per heavy atom. The van der Waals surface area contributed by atoms with Gasteiger partial charge in [0.25, 0.3) is 0 Å². The molecule has 3 aromatic rings. The number of anilines is 1. The average molecular weight is 361 g/mol. The van der Waals surface area contributed by atoms with Crippen LogP contribution in [0.2, 0.25) is 0 Å². The van der Waals surface area contributed by atoms with Crippen LogP contribution in [0.5, 0.6) is 0 Å². The number of carbonyl (C=O) groups is 1. The summed E-state index contributed by atoms with van der Waals surface area (Å²) in [6, 6.07) is 14.6. The molecular formula is C23H27N3O. The highest BCUT2D eigenvalue weighted by Crippen LogP contribution is 2.34. The Hall–Kier alpha value is -2.62. The summed E-state index contributed by atoms with van der Waals surface area (Å²) in [6.45, 7) is 8.04. The number of para-hydroxylation sites is 2. The quantitative estimate of drug-likeness (QED) is 0.643. The van der Waals surface area contributed by atoms with Crippen LogP contribution in [0, 0.1) is 13.8 Å². The maximum Gasteiger partial charge on any atom is 0.227 e. The molecule has 0 saturated carbocycles. The van der Waals surface area contributed by atoms with Crippen molar-refractivity contribution in [2.75, 3.05) is 11.4 Å². The lowest BCUT2D eigenvalue weighted by molar-refractivity contribution is -0.117. The smallest absolute Gasteiger partial charge is 0.227 e. The van der Waals surface area contributed by atoms with Crippen molar-refractivity contribution in [3.05, 3.63) is 59.4 Å². The first-order chi connectivity index (χ1) is 13.1. The zero-order valence-corrected chi connectivity index (χ0v) is 16.4. The molecule has 27 heavy (non-hydrogen) atoms. The van der Waals surface area contributed by atoms with Gasteiger partial charge >= 0.3 is 0 Å². The molecule has 0 N–H and O–H groups in total. The molecule has 2 heterocycles. The highest BCUT2D eigenvalue weighted by molar-refractivity contribution is 5.97. The van der Waals surface area contributed by atoms with Crippen molar-refractivity contribution in [1.82, 2.24) is 9.55 Å². The van der Waals surface area contributed by atoms with E-state index in [4.69, 9.17) is 4.98 Å². The number of imidazole rings is 1. The minimum atomic E-state index is 0.141. The molecule has 1 amide bonds. The maximum absolute atomic E-state index is 12.8. The van der Waals surface area contributed by atoms with Crippen LogP contribution in [-0.4, -0.2) is 22.0 Å². The van der Waals surface area contributed by atoms with Gasteiger partial charge in [0, 0.05) is 31.1 Å². The first-order valence-corrected chi connectivity index (χ1v) is 9.91. The van der Waals surface area contributed by atoms with E-state index in [2.05, 4.69) is 61.7 Å². The molecule has 2 aromatic carbocycles. The van der Waals surface area contributed by atoms with Gasteiger partial charge in [-0.25, -0.2) is 4.98 Å². The van der Waals surface area contributed by atoms with Crippen molar-refractivity contribution >= 4 is 22.6 Å². The third-order valence-corrected chi connectivity index (χ3v) is 5.55. The summed E-state index contributed by atoms with van der Waals surface area (Å²) in [5.41, 5.74) is 5.62. The summed E-state index contributed by atoms with van der Waals surface area (Å²) in [4.78, 5) is 19.7. The molecule has 0 spiro atoms. The SMILES string of the molecule is CCCCn1c([C@H]2CC(=O)N(c3ccc(C)cc3C)C2)nc2ccccc21. The minimum absolute atomic E-state index is 0.141. The number of amides is 1. The normalized spacial score (nSPS) is 17.2. The molecule has 1 atom stereocenters. The molecule has 0 aliphatic carbocycles. The lowest BCUT2D eigenvalue weighted by Crippen LogP contribution is -2.25. The number of hydrogen-bond acceptors (Lipinski definition) is 2. The summed E-state index contributed by atoms with van der Waals surface area (Å²) in [5, 5.41) is 0. The van der Waals surface area contributed by atoms with E-state index in [9.17, 15) is 4.79 Å². The topological polar surface area (TPSA) is 38.1 Å². The molecule has 4 nitrogen and oxygen atoms in total. The number of fused-ring (bicyclic) bond motifs is 1. The van der Waals surface area contributed by atoms with Gasteiger partial charge in [0.15, 0.2) is 0 Å². The monoisotopic (exact) mass is 361 g/mol. The number of hydrogen-bond donors (Lipinski definition) is 0. The predicted octanol–water partition coefficient (Wildman–Crippen LogP) is 4.97. The third kappa shape index (κ3) is 3.25. The Balaban J connectivity index is 1.69. The minimum Gasteiger partial charge on any atom is -0.328 e. The lowest BCUT2D eigenvalue weighted by atomic mass is 10.1. The largest absolute Gasteiger partial charge is 0.328 e. The molecule has 4 heteroatoms. The maximum atomic E-state index is 12.8. The van der Waals surface area contributed by atoms with Crippen LogP contribution in [-0.2, 0) is 11.3 Å². The number of nitrogens with zero attached hydrogens (tertiary/aromatic N) is 3. The lowest BCUT2D eigenvalue weighted by Gasteiger charge is -2.20. The molecule has 4 rings (SSSR count). The molecule has 0 radical (unpaired) electrons. The molecule has 140 valence electrons. The number of aromatic nitrogens is 2. The van der Waals surface area contributed by atoms with Gasteiger partial charge in [-0.15, -0.1) is 0 Å². The van der Waals surface area contributed by atoms with Crippen molar-refractivity contribution in [2.45, 2.75) is 52.5 Å². The van der Waals surface area contributed by atoms with Crippen LogP contribution in [0.4, 0.5) is 5.69 Å². The highest BCUT2D eigenvalue weighted by Gasteiger charge is 2.35. The van der Waals surface area contributed by atoms with Crippen LogP contribution in [0.15, 0.2) is 42.5 Å². The van der Waals surface area contributed by atoms with Gasteiger partial charge in [-0.3, -0.25) is 4.79 Å². The molecule has 1 fully saturated rings. The summed E-state index contributed by atoms with van der Waals surface area (Å²) >= 11 is 0. The zero-order chi connectivity index (χ0) is 19.0. The van der Waals surface area contributed by atoms with Crippen LogP contribution >= 0.6 is 0 Å². The Morgan fingerprint density at radius 2 is 1.96 bits per heavy atom. The summed E-state index contributed by atoms with van der Waals surface area (Å²) < 4.78 is 2.34. The molecule has 1 saturated heterocycles. The van der Waals surface area contributed by atoms with E-state index in [1.165, 1.54) is 11.1 Å². The van der Waals surface area contributed by atoms with Gasteiger partial charge in [0.1, 0.15) is 5.82 Å². The summed E-state index contributed by atoms with van der Waals surface area (Å²) in [6.07, 6.45) is 2.79. The standard InChI is InChI=1S/C23H27N3O/c1-4-5-12-25-21-9-7-6-8-19(21)24-23(25)18-14-22(27)26(15-18)20-11-10-16(2)13-17(20)3/h6-11,13,18H,4-5,12,14-15H2,1-3H3/t18-/m0/s1. The van der Waals surface area contributed by atoms with Crippen LogP contribution in [0.25, 0.3) is 11.0 Å². The summed E-state index contributed by atoms with van der Waals surface area (Å²) in [5.74, 6) is 1.40. The van der Waals surface area contributed by atoms with Crippen molar-refractivity contribution in [3.63, 3.8) is 0 Å². The fraction of sp³-hybridized carbons (Fsp3) is 0.391. The molecule has 1 aliphatic rings. The van der Waals surface area contributed by atoms with E-state index in [1.807, 2.05) is 11.0 Å². The Labute approximate surface area is 160 Å². The van der Waals surface area contributed by atoms with Crippen molar-refractivity contribution in [3.8, 4) is 0 Å². The molecule has 0 unspecified atom stereocenters. The second kappa shape index (κ2) is 7.18. The third-order valence-electron chi connectivity index (χ3n) is 5.55. The van der Waals surface area contributed by atoms with Gasteiger partial charge in [-0.05, 0) is 44.0 Å². The van der Waals surface area contributed by atoms with E-state index >= 15 is 0 Å². The Bertz CT molecular complexity index is 988. The number of aryl methyl sites for hydroxylation is 3. The first kappa shape index (κ1) is 17.8. The molecular weight excluding hydrogens is 334 g/mol. The number of benzene rings is 2. The Kier molecular flexibility index (Phi) is 4.73. The fourth-order valence-corrected chi connectivity index (χ4v) is 4.18. The molecule has 1 aliphatic heterocycles. The van der Waals surface area contributed by atoms with Crippen LogP contribution in [0.3, 0.4) is 0 Å². The van der Waals surface area contributed by atoms with Gasteiger partial charge in [0.2, 0.25) is 5.91 Å². The van der Waals surface area contributed by atoms with Crippen LogP contribution in [0.1, 0.15) is 49.1 Å². The van der Waals surface area contributed by atoms with Gasteiger partial charge < -0.3 is 9.47 Å². The van der Waals surface area contributed by atoms with Crippen molar-refractivity contribution in [2.24, 2.45) is 0 Å². The van der Waals surface area contributed by atoms with E-state index in [0.717, 1.165) is 42.0 Å². The highest BCUT2D eigenvalue weighted by atomic mass is 16.2. The van der Waals surface area contributed by atoms with Crippen LogP contribution < -0.4 is 4.90 Å².